The normalized spacial score (nSPS) is 20.0. The highest BCUT2D eigenvalue weighted by Gasteiger charge is 2.45. The van der Waals surface area contributed by atoms with Crippen molar-refractivity contribution in [2.75, 3.05) is 5.73 Å². The number of piperidine rings is 1. The van der Waals surface area contributed by atoms with Gasteiger partial charge in [-0.25, -0.2) is 9.97 Å². The molecule has 6 heterocycles. The number of aromatic nitrogens is 7. The van der Waals surface area contributed by atoms with Gasteiger partial charge in [0.05, 0.1) is 23.1 Å². The van der Waals surface area contributed by atoms with Crippen molar-refractivity contribution in [3.63, 3.8) is 0 Å². The Bertz CT molecular complexity index is 1770. The highest BCUT2D eigenvalue weighted by atomic mass is 16.3. The first kappa shape index (κ1) is 24.9. The largest absolute Gasteiger partial charge is 0.508 e. The van der Waals surface area contributed by atoms with Gasteiger partial charge in [-0.3, -0.25) is 19.7 Å². The van der Waals surface area contributed by atoms with Gasteiger partial charge >= 0.3 is 0 Å². The summed E-state index contributed by atoms with van der Waals surface area (Å²) in [4.78, 5) is 41.6. The Hall–Kier alpha value is -5.13. The molecule has 3 atom stereocenters. The second-order valence-corrected chi connectivity index (χ2v) is 10.7. The number of carbonyl (C=O) groups excluding carboxylic acids is 2. The van der Waals surface area contributed by atoms with Gasteiger partial charge in [-0.05, 0) is 62.9 Å². The first-order chi connectivity index (χ1) is 19.9. The van der Waals surface area contributed by atoms with Crippen molar-refractivity contribution in [2.45, 2.75) is 50.6 Å². The van der Waals surface area contributed by atoms with Crippen LogP contribution in [0.4, 0.5) is 5.82 Å². The van der Waals surface area contributed by atoms with Crippen molar-refractivity contribution in [1.29, 1.82) is 0 Å². The van der Waals surface area contributed by atoms with Crippen LogP contribution in [0.5, 0.6) is 5.75 Å². The number of benzene rings is 1. The molecular weight excluding hydrogens is 522 g/mol. The monoisotopic (exact) mass is 549 g/mol. The molecule has 0 aliphatic carbocycles. The minimum Gasteiger partial charge on any atom is -0.508 e. The number of nitrogen functional groups attached to an aromatic ring is 1. The second-order valence-electron chi connectivity index (χ2n) is 10.7. The Morgan fingerprint density at radius 1 is 1.00 bits per heavy atom. The van der Waals surface area contributed by atoms with Crippen LogP contribution in [0.3, 0.4) is 0 Å². The number of anilines is 1. The molecule has 7 rings (SSSR count). The van der Waals surface area contributed by atoms with Gasteiger partial charge in [0.25, 0.3) is 5.91 Å². The van der Waals surface area contributed by atoms with Gasteiger partial charge in [0.15, 0.2) is 11.4 Å². The highest BCUT2D eigenvalue weighted by molar-refractivity contribution is 6.00. The zero-order chi connectivity index (χ0) is 28.2. The maximum atomic E-state index is 13.1. The lowest BCUT2D eigenvalue weighted by Crippen LogP contribution is -2.46. The van der Waals surface area contributed by atoms with E-state index in [-0.39, 0.29) is 47.1 Å². The number of nitrogens with zero attached hydrogens (tertiary/aromatic N) is 7. The van der Waals surface area contributed by atoms with Crippen LogP contribution in [0, 0.1) is 0 Å². The first-order valence-electron chi connectivity index (χ1n) is 13.5. The van der Waals surface area contributed by atoms with Crippen LogP contribution < -0.4 is 5.73 Å². The predicted molar refractivity (Wildman–Crippen MR) is 149 cm³/mol. The Morgan fingerprint density at radius 3 is 2.37 bits per heavy atom. The molecule has 206 valence electrons. The SMILES string of the molecule is CC(=O)c1c(C2C[C@H]3CC[C@@H](C2)N3C(=O)c2ncn[nH]2)nc2c(-c3ccc(-c4ccc(O)cc4)nc3)cnn2c1N. The van der Waals surface area contributed by atoms with E-state index in [1.54, 1.807) is 24.5 Å². The summed E-state index contributed by atoms with van der Waals surface area (Å²) in [6.45, 7) is 1.50. The first-order valence-corrected chi connectivity index (χ1v) is 13.5. The molecule has 12 nitrogen and oxygen atoms in total. The number of amides is 1. The number of carbonyl (C=O) groups is 2. The van der Waals surface area contributed by atoms with Crippen molar-refractivity contribution in [1.82, 2.24) is 39.7 Å². The van der Waals surface area contributed by atoms with Gasteiger partial charge in [-0.1, -0.05) is 6.07 Å². The molecule has 1 amide bonds. The summed E-state index contributed by atoms with van der Waals surface area (Å²) in [5.74, 6) is 0.324. The number of pyridine rings is 1. The van der Waals surface area contributed by atoms with Crippen molar-refractivity contribution in [2.24, 2.45) is 0 Å². The number of Topliss-reactive ketones (excluding diaryl/α,β-unsaturated/α-hetero) is 1. The molecule has 1 aromatic carbocycles. The smallest absolute Gasteiger partial charge is 0.291 e. The number of hydrogen-bond acceptors (Lipinski definition) is 9. The van der Waals surface area contributed by atoms with Crippen molar-refractivity contribution in [3.05, 3.63) is 72.2 Å². The van der Waals surface area contributed by atoms with Crippen LogP contribution in [0.15, 0.2) is 55.1 Å². The molecule has 2 aliphatic heterocycles. The molecule has 4 aromatic heterocycles. The number of nitrogens with two attached hydrogens (primary N) is 1. The molecule has 4 N–H and O–H groups in total. The second kappa shape index (κ2) is 9.51. The van der Waals surface area contributed by atoms with Crippen molar-refractivity contribution in [3.8, 4) is 28.1 Å². The zero-order valence-electron chi connectivity index (χ0n) is 22.2. The summed E-state index contributed by atoms with van der Waals surface area (Å²) in [6.07, 6.45) is 7.88. The van der Waals surface area contributed by atoms with E-state index < -0.39 is 0 Å². The molecule has 2 aliphatic rings. The van der Waals surface area contributed by atoms with Crippen LogP contribution >= 0.6 is 0 Å². The third kappa shape index (κ3) is 4.10. The van der Waals surface area contributed by atoms with Gasteiger partial charge in [-0.2, -0.15) is 14.7 Å². The van der Waals surface area contributed by atoms with Gasteiger partial charge in [0, 0.05) is 40.9 Å². The van der Waals surface area contributed by atoms with Crippen molar-refractivity contribution < 1.29 is 14.7 Å². The topological polar surface area (TPSA) is 168 Å². The third-order valence-electron chi connectivity index (χ3n) is 8.27. The van der Waals surface area contributed by atoms with Crippen molar-refractivity contribution >= 4 is 23.2 Å². The summed E-state index contributed by atoms with van der Waals surface area (Å²) < 4.78 is 1.51. The highest BCUT2D eigenvalue weighted by Crippen LogP contribution is 2.45. The summed E-state index contributed by atoms with van der Waals surface area (Å²) >= 11 is 0. The molecular formula is C29H27N9O3. The summed E-state index contributed by atoms with van der Waals surface area (Å²) in [6, 6.07) is 10.7. The third-order valence-corrected chi connectivity index (χ3v) is 8.27. The lowest BCUT2D eigenvalue weighted by Gasteiger charge is -2.38. The van der Waals surface area contributed by atoms with Crippen LogP contribution in [0.1, 0.15) is 65.2 Å². The number of ketones is 1. The maximum Gasteiger partial charge on any atom is 0.291 e. The number of rotatable bonds is 5. The molecule has 2 saturated heterocycles. The van der Waals surface area contributed by atoms with E-state index >= 15 is 0 Å². The maximum absolute atomic E-state index is 13.1. The van der Waals surface area contributed by atoms with Gasteiger partial charge in [0.2, 0.25) is 5.82 Å². The number of aromatic hydroxyl groups is 1. The van der Waals surface area contributed by atoms with Gasteiger partial charge < -0.3 is 15.7 Å². The van der Waals surface area contributed by atoms with E-state index in [9.17, 15) is 14.7 Å². The molecule has 41 heavy (non-hydrogen) atoms. The average Bonchev–Trinajstić information content (AvgIpc) is 3.71. The lowest BCUT2D eigenvalue weighted by atomic mass is 9.85. The number of H-pyrrole nitrogens is 1. The quantitative estimate of drug-likeness (QED) is 0.277. The fraction of sp³-hybridized carbons (Fsp3) is 0.276. The lowest BCUT2D eigenvalue weighted by molar-refractivity contribution is 0.0556. The van der Waals surface area contributed by atoms with E-state index in [0.29, 0.717) is 29.7 Å². The number of phenols is 1. The molecule has 1 unspecified atom stereocenters. The van der Waals surface area contributed by atoms with Crippen LogP contribution in [-0.4, -0.2) is 68.5 Å². The minimum atomic E-state index is -0.170. The Kier molecular flexibility index (Phi) is 5.77. The predicted octanol–water partition coefficient (Wildman–Crippen LogP) is 3.62. The van der Waals surface area contributed by atoms with Gasteiger partial charge in [0.1, 0.15) is 17.9 Å². The van der Waals surface area contributed by atoms with E-state index in [1.807, 2.05) is 29.2 Å². The molecule has 12 heteroatoms. The average molecular weight is 550 g/mol. The van der Waals surface area contributed by atoms with Crippen LogP contribution in [0.25, 0.3) is 28.0 Å². The molecule has 0 saturated carbocycles. The number of phenolic OH excluding ortho intramolecular Hbond substituents is 1. The van der Waals surface area contributed by atoms with Crippen LogP contribution in [0.2, 0.25) is 0 Å². The number of hydrogen-bond donors (Lipinski definition) is 3. The number of fused-ring (bicyclic) bond motifs is 3. The summed E-state index contributed by atoms with van der Waals surface area (Å²) in [5.41, 5.74) is 11.4. The molecule has 2 fully saturated rings. The molecule has 5 aromatic rings. The fourth-order valence-corrected chi connectivity index (χ4v) is 6.41. The zero-order valence-corrected chi connectivity index (χ0v) is 22.2. The van der Waals surface area contributed by atoms with Crippen LogP contribution in [-0.2, 0) is 0 Å². The summed E-state index contributed by atoms with van der Waals surface area (Å²) in [7, 11) is 0. The molecule has 0 radical (unpaired) electrons. The summed E-state index contributed by atoms with van der Waals surface area (Å²) in [5, 5.41) is 20.6. The van der Waals surface area contributed by atoms with E-state index in [4.69, 9.17) is 10.7 Å². The number of aromatic amines is 1. The Morgan fingerprint density at radius 2 is 1.73 bits per heavy atom. The van der Waals surface area contributed by atoms with E-state index in [2.05, 4.69) is 25.3 Å². The van der Waals surface area contributed by atoms with Gasteiger partial charge in [-0.15, -0.1) is 0 Å². The Balaban J connectivity index is 1.25. The van der Waals surface area contributed by atoms with E-state index in [0.717, 1.165) is 35.2 Å². The molecule has 2 bridgehead atoms. The molecule has 0 spiro atoms. The van der Waals surface area contributed by atoms with E-state index in [1.165, 1.54) is 17.8 Å². The fourth-order valence-electron chi connectivity index (χ4n) is 6.41. The Labute approximate surface area is 234 Å². The minimum absolute atomic E-state index is 0.0106. The number of nitrogens with one attached hydrogen (secondary N) is 1. The standard InChI is InChI=1S/C29H27N9O3/c1-15(39)24-25(18-10-19-5-6-20(11-18)37(19)29(41)27-32-14-33-36-27)35-28-22(13-34-38(28)26(24)30)17-4-9-23(31-12-17)16-2-7-21(40)8-3-16/h2-4,7-9,12-14,18-20,40H,5-6,10-11,30H2,1H3,(H,32,33,36)/t18?,19-,20+.